The third kappa shape index (κ3) is 2.97. The van der Waals surface area contributed by atoms with E-state index in [1.54, 1.807) is 0 Å². The molecule has 0 N–H and O–H groups in total. The van der Waals surface area contributed by atoms with Crippen LogP contribution >= 0.6 is 0 Å². The van der Waals surface area contributed by atoms with Crippen LogP contribution in [0.3, 0.4) is 0 Å². The fourth-order valence-corrected chi connectivity index (χ4v) is 3.72. The first-order valence-electron chi connectivity index (χ1n) is 8.54. The average Bonchev–Trinajstić information content (AvgIpc) is 2.85. The van der Waals surface area contributed by atoms with Gasteiger partial charge in [0.05, 0.1) is 32.1 Å². The lowest BCUT2D eigenvalue weighted by Gasteiger charge is -2.30. The molecule has 6 heteroatoms. The number of ether oxygens (including phenoxy) is 2. The molecule has 0 radical (unpaired) electrons. The molecule has 2 fully saturated rings. The van der Waals surface area contributed by atoms with Gasteiger partial charge in [0, 0.05) is 44.0 Å². The number of rotatable bonds is 3. The lowest BCUT2D eigenvalue weighted by Crippen LogP contribution is -2.41. The minimum Gasteiger partial charge on any atom is -0.378 e. The van der Waals surface area contributed by atoms with Gasteiger partial charge in [0.1, 0.15) is 5.69 Å². The van der Waals surface area contributed by atoms with Gasteiger partial charge in [-0.15, -0.1) is 0 Å². The Hall–Kier alpha value is -1.53. The van der Waals surface area contributed by atoms with Crippen LogP contribution < -0.4 is 4.90 Å². The van der Waals surface area contributed by atoms with E-state index in [9.17, 15) is 4.79 Å². The zero-order valence-corrected chi connectivity index (χ0v) is 14.4. The predicted octanol–water partition coefficient (Wildman–Crippen LogP) is 1.43. The highest BCUT2D eigenvalue weighted by Crippen LogP contribution is 2.32. The second kappa shape index (κ2) is 6.93. The molecule has 1 amide bonds. The highest BCUT2D eigenvalue weighted by molar-refractivity contribution is 5.96. The van der Waals surface area contributed by atoms with Gasteiger partial charge < -0.3 is 23.8 Å². The van der Waals surface area contributed by atoms with Crippen LogP contribution in [-0.4, -0.2) is 68.0 Å². The first-order valence-corrected chi connectivity index (χ1v) is 8.54. The van der Waals surface area contributed by atoms with Crippen LogP contribution in [0.5, 0.6) is 0 Å². The Balaban J connectivity index is 1.97. The van der Waals surface area contributed by atoms with Crippen molar-refractivity contribution in [3.63, 3.8) is 0 Å². The van der Waals surface area contributed by atoms with E-state index >= 15 is 0 Å². The van der Waals surface area contributed by atoms with Crippen molar-refractivity contribution in [2.45, 2.75) is 27.3 Å². The molecule has 3 rings (SSSR count). The Morgan fingerprint density at radius 1 is 1.00 bits per heavy atom. The van der Waals surface area contributed by atoms with Gasteiger partial charge >= 0.3 is 0 Å². The van der Waals surface area contributed by atoms with Crippen LogP contribution in [-0.2, 0) is 16.0 Å². The van der Waals surface area contributed by atoms with E-state index < -0.39 is 0 Å². The van der Waals surface area contributed by atoms with E-state index in [0.717, 1.165) is 44.1 Å². The van der Waals surface area contributed by atoms with E-state index in [1.165, 1.54) is 11.4 Å². The highest BCUT2D eigenvalue weighted by atomic mass is 16.5. The Morgan fingerprint density at radius 2 is 1.57 bits per heavy atom. The average molecular weight is 321 g/mol. The van der Waals surface area contributed by atoms with E-state index in [0.29, 0.717) is 26.3 Å². The number of anilines is 1. The topological polar surface area (TPSA) is 46.9 Å². The van der Waals surface area contributed by atoms with Crippen molar-refractivity contribution in [2.75, 3.05) is 57.5 Å². The summed E-state index contributed by atoms with van der Waals surface area (Å²) < 4.78 is 13.0. The van der Waals surface area contributed by atoms with Crippen LogP contribution in [0, 0.1) is 13.8 Å². The number of amides is 1. The van der Waals surface area contributed by atoms with Crippen LogP contribution in [0.4, 0.5) is 5.69 Å². The van der Waals surface area contributed by atoms with Gasteiger partial charge in [-0.3, -0.25) is 4.79 Å². The normalized spacial score (nSPS) is 19.3. The smallest absolute Gasteiger partial charge is 0.270 e. The van der Waals surface area contributed by atoms with Crippen molar-refractivity contribution in [1.29, 1.82) is 0 Å². The molecule has 2 aliphatic heterocycles. The standard InChI is InChI=1S/C17H27N3O3/c1-4-20-14(3)15(18-5-9-22-10-6-18)13(2)16(20)17(21)19-7-11-23-12-8-19/h4-12H2,1-3H3. The zero-order chi connectivity index (χ0) is 16.4. The van der Waals surface area contributed by atoms with Gasteiger partial charge in [-0.1, -0.05) is 0 Å². The van der Waals surface area contributed by atoms with Crippen molar-refractivity contribution in [1.82, 2.24) is 9.47 Å². The fraction of sp³-hybridized carbons (Fsp3) is 0.706. The molecule has 0 aromatic carbocycles. The molecular weight excluding hydrogens is 294 g/mol. The summed E-state index contributed by atoms with van der Waals surface area (Å²) in [6, 6.07) is 0. The zero-order valence-electron chi connectivity index (χ0n) is 14.4. The van der Waals surface area contributed by atoms with Gasteiger partial charge in [0.2, 0.25) is 0 Å². The van der Waals surface area contributed by atoms with Crippen molar-refractivity contribution >= 4 is 11.6 Å². The van der Waals surface area contributed by atoms with Crippen LogP contribution in [0.15, 0.2) is 0 Å². The highest BCUT2D eigenvalue weighted by Gasteiger charge is 2.29. The Bertz CT molecular complexity index is 570. The summed E-state index contributed by atoms with van der Waals surface area (Å²) >= 11 is 0. The largest absolute Gasteiger partial charge is 0.378 e. The molecule has 6 nitrogen and oxygen atoms in total. The Morgan fingerprint density at radius 3 is 2.13 bits per heavy atom. The maximum atomic E-state index is 13.1. The van der Waals surface area contributed by atoms with E-state index in [4.69, 9.17) is 9.47 Å². The molecule has 0 atom stereocenters. The summed E-state index contributed by atoms with van der Waals surface area (Å²) in [5.74, 6) is 0.134. The number of morpholine rings is 2. The number of aromatic nitrogens is 1. The number of carbonyl (C=O) groups is 1. The minimum absolute atomic E-state index is 0.134. The maximum Gasteiger partial charge on any atom is 0.270 e. The third-order valence-corrected chi connectivity index (χ3v) is 4.87. The molecule has 1 aromatic rings. The monoisotopic (exact) mass is 321 g/mol. The molecule has 23 heavy (non-hydrogen) atoms. The lowest BCUT2D eigenvalue weighted by atomic mass is 10.1. The second-order valence-corrected chi connectivity index (χ2v) is 6.16. The van der Waals surface area contributed by atoms with Crippen molar-refractivity contribution in [3.05, 3.63) is 17.0 Å². The first-order chi connectivity index (χ1) is 11.1. The summed E-state index contributed by atoms with van der Waals surface area (Å²) in [6.07, 6.45) is 0. The van der Waals surface area contributed by atoms with Crippen molar-refractivity contribution < 1.29 is 14.3 Å². The SMILES string of the molecule is CCn1c(C)c(N2CCOCC2)c(C)c1C(=O)N1CCOCC1. The van der Waals surface area contributed by atoms with Crippen molar-refractivity contribution in [3.8, 4) is 0 Å². The molecule has 2 saturated heterocycles. The molecule has 0 bridgehead atoms. The summed E-state index contributed by atoms with van der Waals surface area (Å²) in [5, 5.41) is 0. The van der Waals surface area contributed by atoms with Gasteiger partial charge in [-0.25, -0.2) is 0 Å². The van der Waals surface area contributed by atoms with E-state index in [1.807, 2.05) is 4.90 Å². The lowest BCUT2D eigenvalue weighted by molar-refractivity contribution is 0.0295. The molecular formula is C17H27N3O3. The van der Waals surface area contributed by atoms with Gasteiger partial charge in [-0.05, 0) is 20.8 Å². The molecule has 0 saturated carbocycles. The Kier molecular flexibility index (Phi) is 4.92. The second-order valence-electron chi connectivity index (χ2n) is 6.16. The Labute approximate surface area is 137 Å². The van der Waals surface area contributed by atoms with Gasteiger partial charge in [-0.2, -0.15) is 0 Å². The number of carbonyl (C=O) groups excluding carboxylic acids is 1. The quantitative estimate of drug-likeness (QED) is 0.845. The van der Waals surface area contributed by atoms with Crippen LogP contribution in [0.25, 0.3) is 0 Å². The third-order valence-electron chi connectivity index (χ3n) is 4.87. The van der Waals surface area contributed by atoms with Crippen LogP contribution in [0.1, 0.15) is 28.7 Å². The van der Waals surface area contributed by atoms with Crippen molar-refractivity contribution in [2.24, 2.45) is 0 Å². The van der Waals surface area contributed by atoms with E-state index in [-0.39, 0.29) is 5.91 Å². The minimum atomic E-state index is 0.134. The van der Waals surface area contributed by atoms with Gasteiger partial charge in [0.25, 0.3) is 5.91 Å². The summed E-state index contributed by atoms with van der Waals surface area (Å²) in [5.41, 5.74) is 4.34. The number of nitrogens with zero attached hydrogens (tertiary/aromatic N) is 3. The molecule has 1 aromatic heterocycles. The fourth-order valence-electron chi connectivity index (χ4n) is 3.72. The summed E-state index contributed by atoms with van der Waals surface area (Å²) in [7, 11) is 0. The summed E-state index contributed by atoms with van der Waals surface area (Å²) in [6.45, 7) is 13.0. The molecule has 3 heterocycles. The predicted molar refractivity (Wildman–Crippen MR) is 89.3 cm³/mol. The molecule has 0 unspecified atom stereocenters. The van der Waals surface area contributed by atoms with Crippen LogP contribution in [0.2, 0.25) is 0 Å². The van der Waals surface area contributed by atoms with E-state index in [2.05, 4.69) is 30.2 Å². The molecule has 0 aliphatic carbocycles. The molecule has 2 aliphatic rings. The molecule has 0 spiro atoms. The number of hydrogen-bond donors (Lipinski definition) is 0. The summed E-state index contributed by atoms with van der Waals surface area (Å²) in [4.78, 5) is 17.3. The maximum absolute atomic E-state index is 13.1. The number of hydrogen-bond acceptors (Lipinski definition) is 4. The van der Waals surface area contributed by atoms with Gasteiger partial charge in [0.15, 0.2) is 0 Å². The molecule has 128 valence electrons. The first kappa shape index (κ1) is 16.3.